The van der Waals surface area contributed by atoms with E-state index in [0.717, 1.165) is 23.2 Å². The van der Waals surface area contributed by atoms with Crippen molar-refractivity contribution in [3.8, 4) is 0 Å². The summed E-state index contributed by atoms with van der Waals surface area (Å²) in [5.41, 5.74) is 4.16. The molecule has 9 nitrogen and oxygen atoms in total. The number of aryl methyl sites for hydroxylation is 1. The zero-order valence-corrected chi connectivity index (χ0v) is 22.0. The van der Waals surface area contributed by atoms with Crippen LogP contribution in [0, 0.1) is 12.8 Å². The van der Waals surface area contributed by atoms with Gasteiger partial charge in [-0.2, -0.15) is 0 Å². The number of methoxy groups -OCH3 is 1. The average molecular weight is 529 g/mol. The summed E-state index contributed by atoms with van der Waals surface area (Å²) in [5, 5.41) is 11.5. The monoisotopic (exact) mass is 528 g/mol. The van der Waals surface area contributed by atoms with Gasteiger partial charge in [-0.25, -0.2) is 9.59 Å². The van der Waals surface area contributed by atoms with Crippen molar-refractivity contribution in [1.82, 2.24) is 5.32 Å². The lowest BCUT2D eigenvalue weighted by atomic mass is 10.1. The highest BCUT2D eigenvalue weighted by Crippen LogP contribution is 2.27. The van der Waals surface area contributed by atoms with E-state index in [1.54, 1.807) is 48.5 Å². The van der Waals surface area contributed by atoms with Crippen molar-refractivity contribution in [3.63, 3.8) is 0 Å². The highest BCUT2D eigenvalue weighted by atomic mass is 16.5. The summed E-state index contributed by atoms with van der Waals surface area (Å²) in [5.74, 6) is -0.854. The first kappa shape index (κ1) is 27.4. The Balaban J connectivity index is 1.20. The Morgan fingerprint density at radius 1 is 0.821 bits per heavy atom. The third-order valence-corrected chi connectivity index (χ3v) is 6.71. The lowest BCUT2D eigenvalue weighted by Gasteiger charge is -2.14. The predicted octanol–water partition coefficient (Wildman–Crippen LogP) is 4.89. The van der Waals surface area contributed by atoms with Gasteiger partial charge in [0.25, 0.3) is 0 Å². The van der Waals surface area contributed by atoms with Gasteiger partial charge >= 0.3 is 12.0 Å². The molecule has 1 aliphatic carbocycles. The maximum atomic E-state index is 12.7. The molecule has 0 saturated heterocycles. The molecule has 0 aromatic heterocycles. The van der Waals surface area contributed by atoms with Gasteiger partial charge in [-0.3, -0.25) is 9.59 Å². The van der Waals surface area contributed by atoms with E-state index < -0.39 is 5.97 Å². The van der Waals surface area contributed by atoms with Crippen molar-refractivity contribution < 1.29 is 23.9 Å². The molecule has 1 fully saturated rings. The predicted molar refractivity (Wildman–Crippen MR) is 150 cm³/mol. The van der Waals surface area contributed by atoms with Crippen LogP contribution in [0.25, 0.3) is 0 Å². The molecule has 0 aliphatic heterocycles. The van der Waals surface area contributed by atoms with Crippen LogP contribution < -0.4 is 21.3 Å². The summed E-state index contributed by atoms with van der Waals surface area (Å²) in [6.45, 7) is 1.92. The number of carbonyl (C=O) groups excluding carboxylic acids is 4. The van der Waals surface area contributed by atoms with Crippen LogP contribution in [-0.4, -0.2) is 37.0 Å². The Morgan fingerprint density at radius 3 is 2.18 bits per heavy atom. The molecule has 2 atom stereocenters. The zero-order chi connectivity index (χ0) is 27.8. The number of para-hydroxylation sites is 1. The number of hydrogen-bond donors (Lipinski definition) is 4. The molecule has 4 rings (SSSR count). The summed E-state index contributed by atoms with van der Waals surface area (Å²) in [6.07, 6.45) is 2.18. The normalized spacial score (nSPS) is 16.2. The second-order valence-corrected chi connectivity index (χ2v) is 9.60. The van der Waals surface area contributed by atoms with Gasteiger partial charge in [-0.15, -0.1) is 0 Å². The highest BCUT2D eigenvalue weighted by Gasteiger charge is 2.30. The summed E-state index contributed by atoms with van der Waals surface area (Å²) >= 11 is 0. The minimum absolute atomic E-state index is 0.0685. The van der Waals surface area contributed by atoms with E-state index in [9.17, 15) is 19.2 Å². The molecule has 0 unspecified atom stereocenters. The van der Waals surface area contributed by atoms with E-state index >= 15 is 0 Å². The van der Waals surface area contributed by atoms with Crippen molar-refractivity contribution in [1.29, 1.82) is 0 Å². The summed E-state index contributed by atoms with van der Waals surface area (Å²) in [4.78, 5) is 49.1. The van der Waals surface area contributed by atoms with E-state index in [0.29, 0.717) is 29.8 Å². The number of carbonyl (C=O) groups is 4. The second kappa shape index (κ2) is 12.7. The fourth-order valence-corrected chi connectivity index (χ4v) is 4.57. The van der Waals surface area contributed by atoms with Gasteiger partial charge < -0.3 is 26.0 Å². The summed E-state index contributed by atoms with van der Waals surface area (Å²) < 4.78 is 4.68. The van der Waals surface area contributed by atoms with Crippen molar-refractivity contribution in [3.05, 3.63) is 89.5 Å². The van der Waals surface area contributed by atoms with Gasteiger partial charge in [-0.05, 0) is 79.8 Å². The Bertz CT molecular complexity index is 1340. The van der Waals surface area contributed by atoms with Crippen LogP contribution in [0.5, 0.6) is 0 Å². The van der Waals surface area contributed by atoms with Crippen LogP contribution in [0.1, 0.15) is 40.7 Å². The molecule has 1 saturated carbocycles. The standard InChI is InChI=1S/C30H32N4O5/c1-19-5-3-4-6-26(19)34-30(38)33-24-12-7-20(8-13-24)17-27(35)31-25-16-11-22(18-25)28(36)32-23-14-9-21(10-15-23)29(37)39-2/h3-10,12-15,22,25H,11,16-18H2,1-2H3,(H,31,35)(H,32,36)(H2,33,34,38)/t22-,25+/m0/s1. The van der Waals surface area contributed by atoms with E-state index in [-0.39, 0.29) is 36.2 Å². The van der Waals surface area contributed by atoms with Gasteiger partial charge in [0.1, 0.15) is 0 Å². The fraction of sp³-hybridized carbons (Fsp3) is 0.267. The number of rotatable bonds is 8. The van der Waals surface area contributed by atoms with Crippen LogP contribution in [0.3, 0.4) is 0 Å². The maximum Gasteiger partial charge on any atom is 0.337 e. The smallest absolute Gasteiger partial charge is 0.337 e. The number of esters is 1. The van der Waals surface area contributed by atoms with Gasteiger partial charge in [0.15, 0.2) is 0 Å². The van der Waals surface area contributed by atoms with Crippen molar-refractivity contribution in [2.45, 2.75) is 38.6 Å². The molecule has 39 heavy (non-hydrogen) atoms. The van der Waals surface area contributed by atoms with Crippen LogP contribution in [0.15, 0.2) is 72.8 Å². The molecular weight excluding hydrogens is 496 g/mol. The Morgan fingerprint density at radius 2 is 1.49 bits per heavy atom. The third kappa shape index (κ3) is 7.67. The van der Waals surface area contributed by atoms with Gasteiger partial charge in [0.2, 0.25) is 11.8 Å². The molecule has 4 N–H and O–H groups in total. The first-order chi connectivity index (χ1) is 18.8. The Labute approximate surface area is 227 Å². The van der Waals surface area contributed by atoms with Crippen molar-refractivity contribution >= 4 is 40.9 Å². The number of ether oxygens (including phenoxy) is 1. The molecule has 1 aliphatic rings. The summed E-state index contributed by atoms with van der Waals surface area (Å²) in [7, 11) is 1.32. The molecule has 3 aromatic rings. The number of amides is 4. The largest absolute Gasteiger partial charge is 0.465 e. The molecular formula is C30H32N4O5. The fourth-order valence-electron chi connectivity index (χ4n) is 4.57. The number of hydrogen-bond acceptors (Lipinski definition) is 5. The minimum atomic E-state index is -0.434. The van der Waals surface area contributed by atoms with Gasteiger partial charge in [0.05, 0.1) is 19.1 Å². The molecule has 0 radical (unpaired) electrons. The SMILES string of the molecule is COC(=O)c1ccc(NC(=O)[C@H]2CC[C@@H](NC(=O)Cc3ccc(NC(=O)Nc4ccccc4C)cc3)C2)cc1. The third-order valence-electron chi connectivity index (χ3n) is 6.71. The quantitative estimate of drug-likeness (QED) is 0.310. The number of anilines is 3. The topological polar surface area (TPSA) is 126 Å². The highest BCUT2D eigenvalue weighted by molar-refractivity contribution is 6.00. The maximum absolute atomic E-state index is 12.7. The number of benzene rings is 3. The Hall–Kier alpha value is -4.66. The first-order valence-electron chi connectivity index (χ1n) is 12.8. The number of nitrogens with one attached hydrogen (secondary N) is 4. The van der Waals surface area contributed by atoms with Gasteiger partial charge in [-0.1, -0.05) is 30.3 Å². The van der Waals surface area contributed by atoms with E-state index in [2.05, 4.69) is 26.0 Å². The molecule has 0 spiro atoms. The molecule has 202 valence electrons. The number of urea groups is 1. The van der Waals surface area contributed by atoms with Crippen molar-refractivity contribution in [2.24, 2.45) is 5.92 Å². The average Bonchev–Trinajstić information content (AvgIpc) is 3.39. The second-order valence-electron chi connectivity index (χ2n) is 9.60. The minimum Gasteiger partial charge on any atom is -0.465 e. The molecule has 9 heteroatoms. The lowest BCUT2D eigenvalue weighted by Crippen LogP contribution is -2.34. The van der Waals surface area contributed by atoms with Crippen LogP contribution >= 0.6 is 0 Å². The Kier molecular flexibility index (Phi) is 8.94. The van der Waals surface area contributed by atoms with Crippen LogP contribution in [0.4, 0.5) is 21.9 Å². The van der Waals surface area contributed by atoms with E-state index in [1.807, 2.05) is 31.2 Å². The first-order valence-corrected chi connectivity index (χ1v) is 12.8. The molecule has 0 heterocycles. The lowest BCUT2D eigenvalue weighted by molar-refractivity contribution is -0.122. The zero-order valence-electron chi connectivity index (χ0n) is 22.0. The van der Waals surface area contributed by atoms with Crippen LogP contribution in [0.2, 0.25) is 0 Å². The van der Waals surface area contributed by atoms with Gasteiger partial charge in [0, 0.05) is 29.0 Å². The van der Waals surface area contributed by atoms with Crippen molar-refractivity contribution in [2.75, 3.05) is 23.1 Å². The molecule has 4 amide bonds. The van der Waals surface area contributed by atoms with Crippen LogP contribution in [-0.2, 0) is 20.7 Å². The summed E-state index contributed by atoms with van der Waals surface area (Å²) in [6, 6.07) is 20.8. The molecule has 0 bridgehead atoms. The van der Waals surface area contributed by atoms with E-state index in [1.165, 1.54) is 7.11 Å². The van der Waals surface area contributed by atoms with E-state index in [4.69, 9.17) is 0 Å². The molecule has 3 aromatic carbocycles.